The van der Waals surface area contributed by atoms with Crippen LogP contribution >= 0.6 is 24.1 Å². The molecule has 11 heterocycles. The lowest BCUT2D eigenvalue weighted by Gasteiger charge is -2.45. The number of rotatable bonds is 37. The summed E-state index contributed by atoms with van der Waals surface area (Å²) in [5, 5.41) is 31.0. The molecule has 17 atom stereocenters. The van der Waals surface area contributed by atoms with Crippen molar-refractivity contribution in [3.8, 4) is 17.6 Å². The summed E-state index contributed by atoms with van der Waals surface area (Å²) >= 11 is 0. The Morgan fingerprint density at radius 1 is 0.474 bits per heavy atom. The SMILES string of the molecule is CC(C)OC(=O)[C@H](C)CCOP(N(C(C)C)C(C)C)N(C(C)C)C(C)C.COc1nc(N)nc2c1ncn2[C@@H]1O[C@@H]2COP(=O)(OCC[C@@H](C)C(=O)OC(C)C)OC2[C@@H]1O.COc1nc(N)nc2c1ncn2[C@@H]1O[C@@H]2COP(=O)(OCC[C@@H](C)C(=O)OC(C)C)OC2[C@@H]1OC(=O)OCc1ccccc1.COc1nc(N)nc2c1ncn2[C@@H]1O[C@H](CO)[C@@H](O)[C@@H]1OC(=O)OCc1ccccc1. The molecule has 13 rings (SSSR count). The molecule has 4 unspecified atom stereocenters. The minimum Gasteiger partial charge on any atom is -0.479 e. The van der Waals surface area contributed by atoms with Crippen LogP contribution in [0.3, 0.4) is 0 Å². The Bertz CT molecular complexity index is 5260. The van der Waals surface area contributed by atoms with Gasteiger partial charge in [0.25, 0.3) is 0 Å². The lowest BCUT2D eigenvalue weighted by Crippen LogP contribution is -2.43. The van der Waals surface area contributed by atoms with Crippen molar-refractivity contribution in [1.29, 1.82) is 0 Å². The number of nitrogen functional groups attached to an aromatic ring is 3. The van der Waals surface area contributed by atoms with Crippen molar-refractivity contribution in [2.24, 2.45) is 17.8 Å². The first-order chi connectivity index (χ1) is 64.1. The van der Waals surface area contributed by atoms with Crippen LogP contribution in [0, 0.1) is 17.8 Å². The predicted octanol–water partition coefficient (Wildman–Crippen LogP) is 10.6. The van der Waals surface area contributed by atoms with E-state index in [1.54, 1.807) is 65.8 Å². The highest BCUT2D eigenvalue weighted by Gasteiger charge is 2.58. The van der Waals surface area contributed by atoms with Crippen LogP contribution < -0.4 is 31.4 Å². The average Bonchev–Trinajstić information content (AvgIpc) is 1.60. The number of hydrogen-bond donors (Lipinski definition) is 6. The van der Waals surface area contributed by atoms with Crippen LogP contribution in [0.25, 0.3) is 33.5 Å². The number of nitrogens with two attached hydrogens (primary N) is 3. The maximum atomic E-state index is 13.5. The van der Waals surface area contributed by atoms with Gasteiger partial charge in [-0.3, -0.25) is 55.2 Å². The number of hydrogen-bond acceptors (Lipinski definition) is 44. The summed E-state index contributed by atoms with van der Waals surface area (Å²) in [6, 6.07) is 19.7. The lowest BCUT2D eigenvalue weighted by atomic mass is 10.1. The third-order valence-corrected chi connectivity index (χ3v) is 27.0. The Labute approximate surface area is 782 Å². The number of carbonyl (C=O) groups excluding carboxylic acids is 5. The molecule has 0 aliphatic carbocycles. The molecule has 0 spiro atoms. The van der Waals surface area contributed by atoms with E-state index in [-0.39, 0.29) is 147 Å². The number of aliphatic hydroxyl groups excluding tert-OH is 3. The molecule has 746 valence electrons. The summed E-state index contributed by atoms with van der Waals surface area (Å²) in [6.07, 6.45) is -10.1. The molecule has 5 fully saturated rings. The number of phosphoric ester groups is 2. The molecule has 0 radical (unpaired) electrons. The summed E-state index contributed by atoms with van der Waals surface area (Å²) in [6.45, 7) is 33.3. The average molecular weight is 1960 g/mol. The van der Waals surface area contributed by atoms with E-state index in [1.807, 2.05) is 57.2 Å². The number of anilines is 3. The zero-order valence-electron chi connectivity index (χ0n) is 79.2. The third kappa shape index (κ3) is 28.0. The first-order valence-corrected chi connectivity index (χ1v) is 48.2. The van der Waals surface area contributed by atoms with Crippen LogP contribution in [0.5, 0.6) is 17.6 Å². The van der Waals surface area contributed by atoms with Crippen LogP contribution in [0.2, 0.25) is 0 Å². The van der Waals surface area contributed by atoms with Crippen LogP contribution in [0.15, 0.2) is 79.6 Å². The Hall–Kier alpha value is -9.87. The number of ether oxygens (including phenoxy) is 13. The van der Waals surface area contributed by atoms with Gasteiger partial charge in [0.1, 0.15) is 55.9 Å². The second-order valence-electron chi connectivity index (χ2n) is 33.9. The first-order valence-electron chi connectivity index (χ1n) is 44.2. The fraction of sp³-hybridized carbons (Fsp3) is 0.624. The summed E-state index contributed by atoms with van der Waals surface area (Å²) in [7, 11) is -4.81. The number of benzene rings is 2. The molecule has 5 aliphatic rings. The number of phosphoric acid groups is 2. The van der Waals surface area contributed by atoms with Crippen molar-refractivity contribution in [2.75, 3.05) is 78.2 Å². The van der Waals surface area contributed by atoms with Crippen LogP contribution in [0.1, 0.15) is 167 Å². The van der Waals surface area contributed by atoms with Gasteiger partial charge in [-0.05, 0) is 127 Å². The number of aliphatic hydroxyl groups is 3. The second kappa shape index (κ2) is 48.9. The van der Waals surface area contributed by atoms with E-state index in [0.29, 0.717) is 48.2 Å². The zero-order valence-corrected chi connectivity index (χ0v) is 81.9. The second-order valence-corrected chi connectivity index (χ2v) is 38.8. The number of esters is 3. The largest absolute Gasteiger partial charge is 0.509 e. The van der Waals surface area contributed by atoms with Gasteiger partial charge in [0.2, 0.25) is 35.5 Å². The number of aromatic nitrogens is 12. The normalized spacial score (nSPS) is 23.8. The van der Waals surface area contributed by atoms with Crippen molar-refractivity contribution < 1.29 is 142 Å². The van der Waals surface area contributed by atoms with Gasteiger partial charge < -0.3 is 98.6 Å². The van der Waals surface area contributed by atoms with Crippen LogP contribution in [-0.4, -0.2) is 272 Å². The predicted molar refractivity (Wildman–Crippen MR) is 484 cm³/mol. The molecule has 9 N–H and O–H groups in total. The molecule has 47 nitrogen and oxygen atoms in total. The number of fused-ring (bicyclic) bond motifs is 5. The van der Waals surface area contributed by atoms with E-state index in [2.05, 4.69) is 110 Å². The zero-order chi connectivity index (χ0) is 98.6. The molecule has 8 aromatic rings. The molecule has 0 saturated carbocycles. The lowest BCUT2D eigenvalue weighted by molar-refractivity contribution is -0.153. The highest BCUT2D eigenvalue weighted by Crippen LogP contribution is 2.59. The van der Waals surface area contributed by atoms with E-state index >= 15 is 0 Å². The van der Waals surface area contributed by atoms with Crippen molar-refractivity contribution in [2.45, 2.75) is 266 Å². The topological polar surface area (TPSA) is 580 Å². The van der Waals surface area contributed by atoms with Gasteiger partial charge in [-0.15, -0.1) is 0 Å². The Kier molecular flexibility index (Phi) is 38.8. The quantitative estimate of drug-likeness (QED) is 0.0120. The third-order valence-electron chi connectivity index (χ3n) is 21.0. The summed E-state index contributed by atoms with van der Waals surface area (Å²) in [4.78, 5) is 98.6. The van der Waals surface area contributed by atoms with E-state index in [1.165, 1.54) is 54.0 Å². The first kappa shape index (κ1) is 107. The maximum Gasteiger partial charge on any atom is 0.509 e. The van der Waals surface area contributed by atoms with E-state index < -0.39 is 134 Å². The van der Waals surface area contributed by atoms with Crippen LogP contribution in [0.4, 0.5) is 27.4 Å². The molecular weight excluding hydrogens is 1830 g/mol. The molecule has 2 aromatic carbocycles. The van der Waals surface area contributed by atoms with E-state index in [9.17, 15) is 48.4 Å². The van der Waals surface area contributed by atoms with E-state index in [0.717, 1.165) is 11.1 Å². The van der Waals surface area contributed by atoms with Crippen LogP contribution in [-0.2, 0) is 116 Å². The molecule has 0 amide bonds. The number of methoxy groups -OCH3 is 3. The molecule has 50 heteroatoms. The van der Waals surface area contributed by atoms with Crippen molar-refractivity contribution >= 4 is 106 Å². The molecule has 6 aromatic heterocycles. The summed E-state index contributed by atoms with van der Waals surface area (Å²) in [5.41, 5.74) is 20.6. The van der Waals surface area contributed by atoms with Crippen molar-refractivity contribution in [3.05, 3.63) is 90.8 Å². The van der Waals surface area contributed by atoms with E-state index in [4.69, 9.17) is 110 Å². The fourth-order valence-electron chi connectivity index (χ4n) is 14.6. The molecule has 0 bridgehead atoms. The highest BCUT2D eigenvalue weighted by atomic mass is 31.2. The number of carbonyl (C=O) groups is 5. The minimum absolute atomic E-state index is 0.00754. The Morgan fingerprint density at radius 2 is 0.822 bits per heavy atom. The molecule has 5 aliphatic heterocycles. The summed E-state index contributed by atoms with van der Waals surface area (Å²) in [5.74, 6) is -1.78. The van der Waals surface area contributed by atoms with Crippen molar-refractivity contribution in [3.63, 3.8) is 0 Å². The summed E-state index contributed by atoms with van der Waals surface area (Å²) < 4.78 is 146. The van der Waals surface area contributed by atoms with Gasteiger partial charge >= 0.3 is 45.9 Å². The monoisotopic (exact) mass is 1960 g/mol. The Balaban J connectivity index is 0.000000190. The standard InChI is InChI=1S/C27H34N5O11P.C20H43N2O3P.C19H28N5O9P.C19H21N5O7/c1-15(2)40-25(33)16(3)10-11-38-44(35)39-13-18-20(43-44)21(42-27(34)37-12-17-8-6-5-7-9-17)24(41-18)32-14-29-19-22(32)30-26(28)31-23(19)36-4;1-14(2)21(15(3)4)26(22(16(5)6)17(7)8)24-13-12-19(11)20(23)25-18(9)10;1-9(2)31-18(26)10(3)5-6-29-34(27)30-7-11-14(33-34)13(25)17(32-11)24-8-21-12-15(24)22-19(20)23-16(12)28-4;1-28-16-12-15(22-18(20)23-16)24(9-21-12)17-14(13(26)11(7-25)30-17)31-19(27)29-8-10-5-3-2-4-6-10/h5-9,14-16,18,20-21,24H,10-13H2,1-4H3,(H2,28,30,31);14-19H,12-13H2,1-11H3;8-11,13-14,17,25H,5-7H2,1-4H3,(H2,20,22,23);2-6,9,11,13-14,17,25-26H,7-8H2,1H3,(H2,20,22,23)/t16-,18-,20?,21+,24-,44?;19-;10-,11-,13+,14?,17-,34?;11-,13-,14+,17-/m1111/s1. The molecular formula is C85H126N17O30P3. The van der Waals surface area contributed by atoms with Gasteiger partial charge in [0.15, 0.2) is 72.8 Å². The Morgan fingerprint density at radius 3 is 1.19 bits per heavy atom. The van der Waals surface area contributed by atoms with Gasteiger partial charge in [-0.1, -0.05) is 81.4 Å². The maximum absolute atomic E-state index is 13.5. The van der Waals surface area contributed by atoms with Gasteiger partial charge in [0, 0.05) is 24.2 Å². The molecule has 135 heavy (non-hydrogen) atoms. The van der Waals surface area contributed by atoms with Gasteiger partial charge in [-0.25, -0.2) is 43.0 Å². The smallest absolute Gasteiger partial charge is 0.479 e. The molecule has 5 saturated heterocycles. The van der Waals surface area contributed by atoms with Gasteiger partial charge in [-0.2, -0.15) is 29.9 Å². The van der Waals surface area contributed by atoms with Gasteiger partial charge in [0.05, 0.1) is 116 Å². The number of nitrogens with zero attached hydrogens (tertiary/aromatic N) is 14. The highest BCUT2D eigenvalue weighted by molar-refractivity contribution is 7.49. The minimum atomic E-state index is -4.17. The number of imidazole rings is 3. The van der Waals surface area contributed by atoms with Crippen molar-refractivity contribution in [1.82, 2.24) is 67.9 Å². The fourth-order valence-corrected chi connectivity index (χ4v) is 19.8.